The average Bonchev–Trinajstić information content (AvgIpc) is 3.25. The number of rotatable bonds is 6. The summed E-state index contributed by atoms with van der Waals surface area (Å²) in [6, 6.07) is 13.0. The molecule has 8 heteroatoms. The number of nitrogens with zero attached hydrogens (tertiary/aromatic N) is 2. The molecular weight excluding hydrogens is 376 g/mol. The van der Waals surface area contributed by atoms with Crippen molar-refractivity contribution in [2.24, 2.45) is 0 Å². The molecule has 4 nitrogen and oxygen atoms in total. The van der Waals surface area contributed by atoms with Crippen LogP contribution in [0.2, 0.25) is 0 Å². The summed E-state index contributed by atoms with van der Waals surface area (Å²) in [5.74, 6) is 1.30. The summed E-state index contributed by atoms with van der Waals surface area (Å²) < 4.78 is 62.3. The minimum absolute atomic E-state index is 0.102. The van der Waals surface area contributed by atoms with Gasteiger partial charge in [0.1, 0.15) is 23.4 Å². The molecule has 0 saturated carbocycles. The Kier molecular flexibility index (Phi) is 4.93. The van der Waals surface area contributed by atoms with Crippen LogP contribution in [0.25, 0.3) is 16.9 Å². The van der Waals surface area contributed by atoms with Crippen LogP contribution < -0.4 is 14.0 Å². The third-order valence-electron chi connectivity index (χ3n) is 4.63. The van der Waals surface area contributed by atoms with Crippen LogP contribution in [0.5, 0.6) is 11.5 Å². The standard InChI is InChI=1S/C20H17F4N2O2/c21-19(22)27-15-7-3-13(4-8-15)17-12-26(18-2-1-11-25(17)18)14-5-9-16(10-6-14)28-20(23)24/h3-10,12,19-20H,1-2,11H2/q+1. The van der Waals surface area contributed by atoms with E-state index in [1.54, 1.807) is 24.3 Å². The van der Waals surface area contributed by atoms with Gasteiger partial charge in [-0.05, 0) is 55.0 Å². The third kappa shape index (κ3) is 3.67. The highest BCUT2D eigenvalue weighted by Crippen LogP contribution is 2.27. The van der Waals surface area contributed by atoms with Gasteiger partial charge >= 0.3 is 13.2 Å². The van der Waals surface area contributed by atoms with Gasteiger partial charge in [0.15, 0.2) is 5.69 Å². The van der Waals surface area contributed by atoms with E-state index in [1.165, 1.54) is 24.3 Å². The topological polar surface area (TPSA) is 27.3 Å². The second kappa shape index (κ2) is 7.53. The minimum atomic E-state index is -2.86. The second-order valence-corrected chi connectivity index (χ2v) is 6.33. The third-order valence-corrected chi connectivity index (χ3v) is 4.63. The Morgan fingerprint density at radius 1 is 0.821 bits per heavy atom. The van der Waals surface area contributed by atoms with Crippen molar-refractivity contribution in [1.29, 1.82) is 0 Å². The van der Waals surface area contributed by atoms with Crippen LogP contribution in [0.4, 0.5) is 17.6 Å². The molecule has 146 valence electrons. The SMILES string of the molecule is FC(F)Oc1ccc(-c2cn(-c3ccc(OC(F)F)cc3)c3[n+]2CCC3)cc1. The summed E-state index contributed by atoms with van der Waals surface area (Å²) in [4.78, 5) is 0. The number of halogens is 4. The first-order valence-corrected chi connectivity index (χ1v) is 8.76. The molecule has 0 spiro atoms. The van der Waals surface area contributed by atoms with Crippen molar-refractivity contribution in [1.82, 2.24) is 4.57 Å². The van der Waals surface area contributed by atoms with Crippen molar-refractivity contribution < 1.29 is 31.6 Å². The van der Waals surface area contributed by atoms with Crippen LogP contribution in [-0.2, 0) is 13.0 Å². The summed E-state index contributed by atoms with van der Waals surface area (Å²) in [5, 5.41) is 0. The Morgan fingerprint density at radius 3 is 1.96 bits per heavy atom. The largest absolute Gasteiger partial charge is 0.435 e. The monoisotopic (exact) mass is 393 g/mol. The van der Waals surface area contributed by atoms with E-state index in [1.807, 2.05) is 10.8 Å². The van der Waals surface area contributed by atoms with E-state index in [9.17, 15) is 17.6 Å². The lowest BCUT2D eigenvalue weighted by molar-refractivity contribution is -0.679. The molecule has 0 aliphatic carbocycles. The van der Waals surface area contributed by atoms with Crippen LogP contribution in [0, 0.1) is 0 Å². The maximum absolute atomic E-state index is 12.3. The number of aromatic nitrogens is 2. The zero-order chi connectivity index (χ0) is 19.7. The molecular formula is C20H17F4N2O2+. The molecule has 0 fully saturated rings. The van der Waals surface area contributed by atoms with Crippen LogP contribution >= 0.6 is 0 Å². The first-order valence-electron chi connectivity index (χ1n) is 8.76. The second-order valence-electron chi connectivity index (χ2n) is 6.33. The Balaban J connectivity index is 1.66. The molecule has 2 heterocycles. The highest BCUT2D eigenvalue weighted by Gasteiger charge is 2.29. The van der Waals surface area contributed by atoms with E-state index in [2.05, 4.69) is 14.0 Å². The summed E-state index contributed by atoms with van der Waals surface area (Å²) >= 11 is 0. The van der Waals surface area contributed by atoms with Gasteiger partial charge in [-0.2, -0.15) is 22.1 Å². The van der Waals surface area contributed by atoms with E-state index < -0.39 is 13.2 Å². The van der Waals surface area contributed by atoms with Gasteiger partial charge in [-0.1, -0.05) is 0 Å². The van der Waals surface area contributed by atoms with Gasteiger partial charge in [-0.15, -0.1) is 0 Å². The molecule has 4 rings (SSSR count). The van der Waals surface area contributed by atoms with Crippen LogP contribution in [0.15, 0.2) is 54.7 Å². The fraction of sp³-hybridized carbons (Fsp3) is 0.250. The van der Waals surface area contributed by atoms with Gasteiger partial charge < -0.3 is 9.47 Å². The van der Waals surface area contributed by atoms with Crippen LogP contribution in [0.1, 0.15) is 12.2 Å². The zero-order valence-electron chi connectivity index (χ0n) is 14.7. The van der Waals surface area contributed by atoms with Crippen molar-refractivity contribution in [3.05, 3.63) is 60.6 Å². The highest BCUT2D eigenvalue weighted by atomic mass is 19.3. The lowest BCUT2D eigenvalue weighted by atomic mass is 10.1. The molecule has 0 amide bonds. The van der Waals surface area contributed by atoms with Gasteiger partial charge in [0.2, 0.25) is 0 Å². The van der Waals surface area contributed by atoms with Gasteiger partial charge in [0.25, 0.3) is 5.82 Å². The summed E-state index contributed by atoms with van der Waals surface area (Å²) in [6.07, 6.45) is 3.82. The van der Waals surface area contributed by atoms with Crippen molar-refractivity contribution in [2.45, 2.75) is 32.6 Å². The summed E-state index contributed by atoms with van der Waals surface area (Å²) in [5.41, 5.74) is 2.65. The number of imidazole rings is 1. The fourth-order valence-electron chi connectivity index (χ4n) is 3.49. The maximum atomic E-state index is 12.3. The number of ether oxygens (including phenoxy) is 2. The number of fused-ring (bicyclic) bond motifs is 1. The molecule has 1 aliphatic heterocycles. The molecule has 1 aliphatic rings. The average molecular weight is 393 g/mol. The van der Waals surface area contributed by atoms with Crippen LogP contribution in [0.3, 0.4) is 0 Å². The lowest BCUT2D eigenvalue weighted by Crippen LogP contribution is -2.33. The van der Waals surface area contributed by atoms with Crippen molar-refractivity contribution in [2.75, 3.05) is 0 Å². The minimum Gasteiger partial charge on any atom is -0.435 e. The fourth-order valence-corrected chi connectivity index (χ4v) is 3.49. The first kappa shape index (κ1) is 18.3. The molecule has 0 unspecified atom stereocenters. The predicted molar refractivity (Wildman–Crippen MR) is 93.0 cm³/mol. The smallest absolute Gasteiger partial charge is 0.387 e. The molecule has 2 aromatic carbocycles. The number of benzene rings is 2. The van der Waals surface area contributed by atoms with E-state index in [-0.39, 0.29) is 11.5 Å². The Hall–Kier alpha value is -3.03. The van der Waals surface area contributed by atoms with Crippen molar-refractivity contribution in [3.63, 3.8) is 0 Å². The van der Waals surface area contributed by atoms with E-state index in [0.717, 1.165) is 42.2 Å². The lowest BCUT2D eigenvalue weighted by Gasteiger charge is -2.04. The number of hydrogen-bond donors (Lipinski definition) is 0. The zero-order valence-corrected chi connectivity index (χ0v) is 14.7. The molecule has 0 atom stereocenters. The van der Waals surface area contributed by atoms with E-state index in [0.29, 0.717) is 0 Å². The first-order chi connectivity index (χ1) is 13.5. The Bertz CT molecular complexity index is 878. The summed E-state index contributed by atoms with van der Waals surface area (Å²) in [7, 11) is 0. The van der Waals surface area contributed by atoms with E-state index >= 15 is 0 Å². The Labute approximate surface area is 158 Å². The van der Waals surface area contributed by atoms with E-state index in [4.69, 9.17) is 0 Å². The molecule has 0 N–H and O–H groups in total. The molecule has 0 radical (unpaired) electrons. The highest BCUT2D eigenvalue weighted by molar-refractivity contribution is 5.58. The maximum Gasteiger partial charge on any atom is 0.387 e. The normalized spacial score (nSPS) is 13.2. The number of hydrogen-bond acceptors (Lipinski definition) is 2. The van der Waals surface area contributed by atoms with Crippen molar-refractivity contribution >= 4 is 0 Å². The molecule has 1 aromatic heterocycles. The van der Waals surface area contributed by atoms with Crippen LogP contribution in [-0.4, -0.2) is 17.8 Å². The molecule has 3 aromatic rings. The molecule has 28 heavy (non-hydrogen) atoms. The predicted octanol–water partition coefficient (Wildman–Crippen LogP) is 4.58. The van der Waals surface area contributed by atoms with Crippen molar-refractivity contribution in [3.8, 4) is 28.4 Å². The quantitative estimate of drug-likeness (QED) is 0.453. The van der Waals surface area contributed by atoms with Gasteiger partial charge in [-0.25, -0.2) is 4.57 Å². The van der Waals surface area contributed by atoms with Gasteiger partial charge in [0.05, 0.1) is 13.0 Å². The van der Waals surface area contributed by atoms with Gasteiger partial charge in [0, 0.05) is 5.56 Å². The molecule has 0 bridgehead atoms. The Morgan fingerprint density at radius 2 is 1.39 bits per heavy atom. The molecule has 0 saturated heterocycles. The number of alkyl halides is 4. The van der Waals surface area contributed by atoms with Gasteiger partial charge in [-0.3, -0.25) is 0 Å². The summed E-state index contributed by atoms with van der Waals surface area (Å²) in [6.45, 7) is -4.87.